The van der Waals surface area contributed by atoms with Gasteiger partial charge < -0.3 is 14.7 Å². The predicted octanol–water partition coefficient (Wildman–Crippen LogP) is 1.44. The third kappa shape index (κ3) is 6.61. The minimum Gasteiger partial charge on any atom is -0.341 e. The molecule has 0 amide bonds. The average Bonchev–Trinajstić information content (AvgIpc) is 3.37. The van der Waals surface area contributed by atoms with Gasteiger partial charge in [-0.25, -0.2) is 4.98 Å². The van der Waals surface area contributed by atoms with Crippen molar-refractivity contribution in [2.75, 3.05) is 14.2 Å². The lowest BCUT2D eigenvalue weighted by molar-refractivity contribution is -0.121. The number of ketones is 4. The molecule has 3 rings (SSSR count). The molecule has 1 heterocycles. The van der Waals surface area contributed by atoms with Crippen molar-refractivity contribution in [1.29, 1.82) is 0 Å². The van der Waals surface area contributed by atoms with Gasteiger partial charge in [-0.2, -0.15) is 11.0 Å². The van der Waals surface area contributed by atoms with E-state index in [9.17, 15) is 19.2 Å². The van der Waals surface area contributed by atoms with Gasteiger partial charge in [-0.3, -0.25) is 19.2 Å². The molecular weight excluding hydrogens is 452 g/mol. The molecule has 10 nitrogen and oxygen atoms in total. The fourth-order valence-corrected chi connectivity index (χ4v) is 3.56. The Balaban J connectivity index is 1.79. The number of carbonyl (C=O) groups excluding carboxylic acids is 4. The van der Waals surface area contributed by atoms with E-state index >= 15 is 0 Å². The fourth-order valence-electron chi connectivity index (χ4n) is 3.56. The van der Waals surface area contributed by atoms with Gasteiger partial charge in [-0.05, 0) is 24.0 Å². The number of hydrogen-bond acceptors (Lipinski definition) is 9. The molecule has 1 aromatic heterocycles. The van der Waals surface area contributed by atoms with Crippen LogP contribution in [-0.2, 0) is 32.1 Å². The zero-order valence-electron chi connectivity index (χ0n) is 19.3. The molecule has 0 aliphatic carbocycles. The van der Waals surface area contributed by atoms with Crippen LogP contribution in [0.5, 0.6) is 0 Å². The highest BCUT2D eigenvalue weighted by Gasteiger charge is 2.35. The quantitative estimate of drug-likeness (QED) is 0.178. The molecule has 2 atom stereocenters. The van der Waals surface area contributed by atoms with Crippen molar-refractivity contribution in [3.05, 3.63) is 89.5 Å². The lowest BCUT2D eigenvalue weighted by Gasteiger charge is -2.16. The van der Waals surface area contributed by atoms with E-state index in [1.807, 2.05) is 48.5 Å². The number of hydrogen-bond donors (Lipinski definition) is 3. The number of nitrogens with one attached hydrogen (secondary N) is 3. The Morgan fingerprint density at radius 1 is 0.771 bits per heavy atom. The Kier molecular flexibility index (Phi) is 9.27. The largest absolute Gasteiger partial charge is 0.341 e. The van der Waals surface area contributed by atoms with Crippen LogP contribution in [0.4, 0.5) is 0 Å². The van der Waals surface area contributed by atoms with E-state index in [0.717, 1.165) is 17.5 Å². The Labute approximate surface area is 202 Å². The van der Waals surface area contributed by atoms with Crippen molar-refractivity contribution in [2.45, 2.75) is 24.9 Å². The average molecular weight is 479 g/mol. The van der Waals surface area contributed by atoms with Crippen LogP contribution in [0.3, 0.4) is 0 Å². The molecule has 2 aromatic carbocycles. The van der Waals surface area contributed by atoms with E-state index in [1.54, 1.807) is 12.1 Å². The van der Waals surface area contributed by atoms with Crippen LogP contribution in [0.1, 0.15) is 32.1 Å². The van der Waals surface area contributed by atoms with E-state index in [4.69, 9.17) is 9.68 Å². The van der Waals surface area contributed by atoms with Gasteiger partial charge in [0.2, 0.25) is 17.3 Å². The molecule has 0 radical (unpaired) electrons. The van der Waals surface area contributed by atoms with Crippen molar-refractivity contribution in [3.63, 3.8) is 0 Å². The van der Waals surface area contributed by atoms with Gasteiger partial charge >= 0.3 is 0 Å². The third-order valence-corrected chi connectivity index (χ3v) is 5.25. The van der Waals surface area contributed by atoms with Gasteiger partial charge in [0.05, 0.1) is 20.5 Å². The minimum atomic E-state index is -1.02. The Hall–Kier alpha value is -3.83. The molecule has 0 bridgehead atoms. The van der Waals surface area contributed by atoms with E-state index in [1.165, 1.54) is 14.2 Å². The molecule has 3 aromatic rings. The van der Waals surface area contributed by atoms with Gasteiger partial charge in [-0.15, -0.1) is 0 Å². The first-order chi connectivity index (χ1) is 17.0. The molecule has 0 saturated carbocycles. The fraction of sp³-hybridized carbons (Fsp3) is 0.240. The second-order valence-corrected chi connectivity index (χ2v) is 7.64. The number of H-pyrrole nitrogens is 1. The van der Waals surface area contributed by atoms with Gasteiger partial charge in [-0.1, -0.05) is 60.7 Å². The summed E-state index contributed by atoms with van der Waals surface area (Å²) in [6, 6.07) is 16.1. The van der Waals surface area contributed by atoms with Crippen molar-refractivity contribution >= 4 is 23.1 Å². The van der Waals surface area contributed by atoms with Gasteiger partial charge in [0.15, 0.2) is 0 Å². The maximum atomic E-state index is 13.0. The van der Waals surface area contributed by atoms with E-state index in [2.05, 4.69) is 20.9 Å². The molecule has 0 unspecified atom stereocenters. The van der Waals surface area contributed by atoms with Crippen LogP contribution < -0.4 is 11.0 Å². The highest BCUT2D eigenvalue weighted by molar-refractivity contribution is 6.50. The van der Waals surface area contributed by atoms with Crippen LogP contribution in [0.2, 0.25) is 0 Å². The number of benzene rings is 2. The lowest BCUT2D eigenvalue weighted by Crippen LogP contribution is -2.43. The van der Waals surface area contributed by atoms with Crippen molar-refractivity contribution in [2.24, 2.45) is 0 Å². The number of hydroxylamine groups is 2. The predicted molar refractivity (Wildman–Crippen MR) is 125 cm³/mol. The number of nitrogens with zero attached hydrogens (tertiary/aromatic N) is 1. The monoisotopic (exact) mass is 478 g/mol. The molecule has 0 spiro atoms. The molecule has 35 heavy (non-hydrogen) atoms. The van der Waals surface area contributed by atoms with Crippen LogP contribution in [0.15, 0.2) is 67.0 Å². The van der Waals surface area contributed by atoms with Crippen molar-refractivity contribution < 1.29 is 28.9 Å². The Bertz CT molecular complexity index is 1070. The van der Waals surface area contributed by atoms with Crippen LogP contribution in [0.25, 0.3) is 0 Å². The van der Waals surface area contributed by atoms with Crippen LogP contribution >= 0.6 is 0 Å². The van der Waals surface area contributed by atoms with Crippen LogP contribution in [0, 0.1) is 0 Å². The minimum absolute atomic E-state index is 0.169. The standard InChI is InChI=1S/C25H26N4O6/c1-34-28-18(13-16-9-5-3-6-10-16)22(30)24(32)20-21(27-15-26-20)25(33)23(31)19(29-35-2)14-17-11-7-4-8-12-17/h3-12,15,18-19,28-29H,13-14H2,1-2H3,(H,26,27)/t18-,19-/m0/s1. The summed E-state index contributed by atoms with van der Waals surface area (Å²) in [7, 11) is 2.66. The van der Waals surface area contributed by atoms with E-state index < -0.39 is 40.9 Å². The highest BCUT2D eigenvalue weighted by Crippen LogP contribution is 2.13. The molecule has 0 saturated heterocycles. The molecule has 10 heteroatoms. The number of carbonyl (C=O) groups is 4. The second-order valence-electron chi connectivity index (χ2n) is 7.64. The SMILES string of the molecule is CON[C@@H](Cc1ccccc1)C(=O)C(=O)c1nc[nH]c1C(=O)C(=O)[C@H](Cc1ccccc1)NOC. The summed E-state index contributed by atoms with van der Waals surface area (Å²) in [6.07, 6.45) is 1.43. The number of aromatic amines is 1. The number of imidazole rings is 1. The zero-order chi connectivity index (χ0) is 25.2. The van der Waals surface area contributed by atoms with E-state index in [-0.39, 0.29) is 18.5 Å². The first kappa shape index (κ1) is 25.8. The second kappa shape index (κ2) is 12.6. The first-order valence-corrected chi connectivity index (χ1v) is 10.8. The van der Waals surface area contributed by atoms with Gasteiger partial charge in [0.1, 0.15) is 23.5 Å². The summed E-state index contributed by atoms with van der Waals surface area (Å²) >= 11 is 0. The Morgan fingerprint density at radius 2 is 1.23 bits per heavy atom. The van der Waals surface area contributed by atoms with Gasteiger partial charge in [0.25, 0.3) is 5.78 Å². The highest BCUT2D eigenvalue weighted by atomic mass is 16.6. The summed E-state index contributed by atoms with van der Waals surface area (Å²) in [4.78, 5) is 68.2. The smallest absolute Gasteiger partial charge is 0.251 e. The molecule has 3 N–H and O–H groups in total. The summed E-state index contributed by atoms with van der Waals surface area (Å²) < 4.78 is 0. The normalized spacial score (nSPS) is 12.6. The van der Waals surface area contributed by atoms with Gasteiger partial charge in [0, 0.05) is 0 Å². The molecule has 0 aliphatic rings. The first-order valence-electron chi connectivity index (χ1n) is 10.8. The van der Waals surface area contributed by atoms with Crippen molar-refractivity contribution in [3.8, 4) is 0 Å². The summed E-state index contributed by atoms with van der Waals surface area (Å²) in [5.74, 6) is -3.73. The maximum Gasteiger partial charge on any atom is 0.251 e. The zero-order valence-corrected chi connectivity index (χ0v) is 19.3. The number of rotatable bonds is 14. The van der Waals surface area contributed by atoms with E-state index in [0.29, 0.717) is 0 Å². The van der Waals surface area contributed by atoms with Crippen LogP contribution in [-0.4, -0.2) is 59.4 Å². The third-order valence-electron chi connectivity index (χ3n) is 5.25. The van der Waals surface area contributed by atoms with Crippen molar-refractivity contribution in [1.82, 2.24) is 20.9 Å². The number of Topliss-reactive ketones (excluding diaryl/α,β-unsaturated/α-hetero) is 4. The molecule has 0 aliphatic heterocycles. The molecule has 182 valence electrons. The summed E-state index contributed by atoms with van der Waals surface area (Å²) in [5, 5.41) is 0. The maximum absolute atomic E-state index is 13.0. The lowest BCUT2D eigenvalue weighted by atomic mass is 9.96. The summed E-state index contributed by atoms with van der Waals surface area (Å²) in [5.41, 5.74) is 5.85. The number of aromatic nitrogens is 2. The topological polar surface area (TPSA) is 139 Å². The summed E-state index contributed by atoms with van der Waals surface area (Å²) in [6.45, 7) is 0. The Morgan fingerprint density at radius 3 is 1.69 bits per heavy atom. The molecular formula is C25H26N4O6. The molecule has 0 fully saturated rings.